The second-order valence-electron chi connectivity index (χ2n) is 9.36. The van der Waals surface area contributed by atoms with E-state index in [9.17, 15) is 4.79 Å². The Bertz CT molecular complexity index is 1020. The molecule has 2 aromatic rings. The quantitative estimate of drug-likeness (QED) is 0.693. The molecule has 2 aliphatic heterocycles. The molecule has 0 aliphatic carbocycles. The van der Waals surface area contributed by atoms with Gasteiger partial charge in [-0.1, -0.05) is 12.1 Å². The lowest BCUT2D eigenvalue weighted by atomic mass is 9.89. The zero-order valence-corrected chi connectivity index (χ0v) is 19.6. The minimum atomic E-state index is -0.543. The molecule has 0 unspecified atom stereocenters. The van der Waals surface area contributed by atoms with Gasteiger partial charge in [-0.05, 0) is 63.4 Å². The molecule has 1 fully saturated rings. The van der Waals surface area contributed by atoms with E-state index in [4.69, 9.17) is 14.7 Å². The van der Waals surface area contributed by atoms with Gasteiger partial charge in [-0.15, -0.1) is 0 Å². The Morgan fingerprint density at radius 1 is 1.27 bits per heavy atom. The highest BCUT2D eigenvalue weighted by atomic mass is 16.5. The van der Waals surface area contributed by atoms with E-state index in [2.05, 4.69) is 27.0 Å². The number of hydrogen-bond donors (Lipinski definition) is 0. The number of amides is 1. The monoisotopic (exact) mass is 449 g/mol. The van der Waals surface area contributed by atoms with Crippen molar-refractivity contribution < 1.29 is 14.3 Å². The first-order valence-electron chi connectivity index (χ1n) is 11.4. The summed E-state index contributed by atoms with van der Waals surface area (Å²) in [5.74, 6) is 0.902. The highest BCUT2D eigenvalue weighted by molar-refractivity contribution is 5.94. The van der Waals surface area contributed by atoms with Gasteiger partial charge >= 0.3 is 0 Å². The number of likely N-dealkylation sites (tertiary alicyclic amines) is 1. The fraction of sp³-hybridized carbons (Fsp3) is 0.520. The molecule has 3 heterocycles. The lowest BCUT2D eigenvalue weighted by Gasteiger charge is -2.36. The molecule has 1 aromatic carbocycles. The van der Waals surface area contributed by atoms with Crippen LogP contribution >= 0.6 is 0 Å². The standard InChI is InChI=1S/C25H31N5O3/c1-25(2)17-33-23-21(15-27-22(14-26)28-23)16-30(25)24(31)20-6-4-18(5-7-20)19-8-10-29(11-9-19)12-13-32-3/h4-7,15,19H,8-13,16-17H2,1-3H3. The highest BCUT2D eigenvalue weighted by Gasteiger charge is 2.36. The Labute approximate surface area is 195 Å². The van der Waals surface area contributed by atoms with Crippen LogP contribution in [-0.2, 0) is 11.3 Å². The van der Waals surface area contributed by atoms with Crippen LogP contribution in [-0.4, -0.2) is 71.2 Å². The SMILES string of the molecule is COCCN1CCC(c2ccc(C(=O)N3Cc4cnc(C#N)nc4OCC3(C)C)cc2)CC1. The summed E-state index contributed by atoms with van der Waals surface area (Å²) in [4.78, 5) is 26.0. The number of nitriles is 1. The number of carbonyl (C=O) groups is 1. The molecule has 0 radical (unpaired) electrons. The van der Waals surface area contributed by atoms with Gasteiger partial charge in [0.05, 0.1) is 24.3 Å². The van der Waals surface area contributed by atoms with Gasteiger partial charge in [-0.3, -0.25) is 4.79 Å². The van der Waals surface area contributed by atoms with Crippen molar-refractivity contribution in [2.75, 3.05) is 40.0 Å². The van der Waals surface area contributed by atoms with E-state index in [1.165, 1.54) is 5.56 Å². The Morgan fingerprint density at radius 3 is 2.67 bits per heavy atom. The highest BCUT2D eigenvalue weighted by Crippen LogP contribution is 2.31. The van der Waals surface area contributed by atoms with Crippen LogP contribution < -0.4 is 4.74 Å². The number of fused-ring (bicyclic) bond motifs is 1. The van der Waals surface area contributed by atoms with Crippen LogP contribution in [0.15, 0.2) is 30.5 Å². The predicted octanol–water partition coefficient (Wildman–Crippen LogP) is 2.99. The molecule has 0 spiro atoms. The number of benzene rings is 1. The van der Waals surface area contributed by atoms with E-state index in [1.807, 2.05) is 32.0 Å². The smallest absolute Gasteiger partial charge is 0.254 e. The average Bonchev–Trinajstić information content (AvgIpc) is 2.98. The molecular formula is C25H31N5O3. The summed E-state index contributed by atoms with van der Waals surface area (Å²) in [6.07, 6.45) is 3.81. The molecule has 174 valence electrons. The molecule has 0 N–H and O–H groups in total. The third-order valence-electron chi connectivity index (χ3n) is 6.62. The summed E-state index contributed by atoms with van der Waals surface area (Å²) in [7, 11) is 1.74. The van der Waals surface area contributed by atoms with Crippen LogP contribution in [0.3, 0.4) is 0 Å². The lowest BCUT2D eigenvalue weighted by Crippen LogP contribution is -2.49. The number of hydrogen-bond acceptors (Lipinski definition) is 7. The molecule has 33 heavy (non-hydrogen) atoms. The Hall–Kier alpha value is -3.02. The second-order valence-corrected chi connectivity index (χ2v) is 9.36. The maximum Gasteiger partial charge on any atom is 0.254 e. The van der Waals surface area contributed by atoms with E-state index in [1.54, 1.807) is 18.2 Å². The van der Waals surface area contributed by atoms with Crippen molar-refractivity contribution in [2.45, 2.75) is 44.7 Å². The Balaban J connectivity index is 1.46. The van der Waals surface area contributed by atoms with Gasteiger partial charge in [-0.2, -0.15) is 10.2 Å². The molecule has 4 rings (SSSR count). The van der Waals surface area contributed by atoms with Gasteiger partial charge in [0.2, 0.25) is 11.7 Å². The minimum Gasteiger partial charge on any atom is -0.475 e. The first-order chi connectivity index (χ1) is 15.9. The van der Waals surface area contributed by atoms with Crippen molar-refractivity contribution >= 4 is 5.91 Å². The third kappa shape index (κ3) is 5.15. The molecule has 8 nitrogen and oxygen atoms in total. The molecule has 2 aliphatic rings. The van der Waals surface area contributed by atoms with Crippen molar-refractivity contribution in [1.82, 2.24) is 19.8 Å². The molecule has 0 bridgehead atoms. The van der Waals surface area contributed by atoms with Crippen molar-refractivity contribution in [2.24, 2.45) is 0 Å². The topological polar surface area (TPSA) is 91.6 Å². The fourth-order valence-electron chi connectivity index (χ4n) is 4.50. The number of nitrogens with zero attached hydrogens (tertiary/aromatic N) is 5. The molecule has 1 aromatic heterocycles. The molecule has 0 atom stereocenters. The maximum absolute atomic E-state index is 13.5. The molecule has 1 amide bonds. The van der Waals surface area contributed by atoms with Crippen LogP contribution in [0, 0.1) is 11.3 Å². The van der Waals surface area contributed by atoms with E-state index >= 15 is 0 Å². The van der Waals surface area contributed by atoms with Gasteiger partial charge in [-0.25, -0.2) is 4.98 Å². The summed E-state index contributed by atoms with van der Waals surface area (Å²) < 4.78 is 11.0. The minimum absolute atomic E-state index is 0.0539. The Morgan fingerprint density at radius 2 is 2.00 bits per heavy atom. The van der Waals surface area contributed by atoms with E-state index in [0.29, 0.717) is 29.5 Å². The summed E-state index contributed by atoms with van der Waals surface area (Å²) in [5.41, 5.74) is 2.10. The number of rotatable bonds is 5. The van der Waals surface area contributed by atoms with Gasteiger partial charge in [0.15, 0.2) is 0 Å². The van der Waals surface area contributed by atoms with Gasteiger partial charge in [0, 0.05) is 25.4 Å². The zero-order chi connectivity index (χ0) is 23.4. The Kier molecular flexibility index (Phi) is 6.91. The summed E-state index contributed by atoms with van der Waals surface area (Å²) >= 11 is 0. The van der Waals surface area contributed by atoms with Crippen LogP contribution in [0.5, 0.6) is 5.88 Å². The first kappa shape index (κ1) is 23.1. The predicted molar refractivity (Wildman–Crippen MR) is 123 cm³/mol. The van der Waals surface area contributed by atoms with E-state index < -0.39 is 5.54 Å². The third-order valence-corrected chi connectivity index (χ3v) is 6.62. The van der Waals surface area contributed by atoms with E-state index in [-0.39, 0.29) is 18.3 Å². The van der Waals surface area contributed by atoms with Crippen LogP contribution in [0.4, 0.5) is 0 Å². The van der Waals surface area contributed by atoms with Crippen molar-refractivity contribution in [3.8, 4) is 11.9 Å². The normalized spacial score (nSPS) is 18.7. The fourth-order valence-corrected chi connectivity index (χ4v) is 4.50. The second kappa shape index (κ2) is 9.86. The van der Waals surface area contributed by atoms with Gasteiger partial charge in [0.1, 0.15) is 12.7 Å². The summed E-state index contributed by atoms with van der Waals surface area (Å²) in [6.45, 7) is 8.47. The number of aromatic nitrogens is 2. The summed E-state index contributed by atoms with van der Waals surface area (Å²) in [6, 6.07) is 10.0. The molecule has 1 saturated heterocycles. The van der Waals surface area contributed by atoms with Gasteiger partial charge < -0.3 is 19.3 Å². The molecule has 0 saturated carbocycles. The van der Waals surface area contributed by atoms with Crippen molar-refractivity contribution in [3.63, 3.8) is 0 Å². The summed E-state index contributed by atoms with van der Waals surface area (Å²) in [5, 5.41) is 9.06. The van der Waals surface area contributed by atoms with E-state index in [0.717, 1.165) is 39.1 Å². The average molecular weight is 450 g/mol. The number of piperidine rings is 1. The number of ether oxygens (including phenoxy) is 2. The lowest BCUT2D eigenvalue weighted by molar-refractivity contribution is 0.0434. The molecular weight excluding hydrogens is 418 g/mol. The largest absolute Gasteiger partial charge is 0.475 e. The molecule has 8 heteroatoms. The van der Waals surface area contributed by atoms with Crippen molar-refractivity contribution in [1.29, 1.82) is 5.26 Å². The first-order valence-corrected chi connectivity index (χ1v) is 11.4. The van der Waals surface area contributed by atoms with Crippen molar-refractivity contribution in [3.05, 3.63) is 53.0 Å². The van der Waals surface area contributed by atoms with Crippen LogP contribution in [0.2, 0.25) is 0 Å². The maximum atomic E-state index is 13.5. The van der Waals surface area contributed by atoms with Crippen LogP contribution in [0.25, 0.3) is 0 Å². The van der Waals surface area contributed by atoms with Gasteiger partial charge in [0.25, 0.3) is 5.91 Å². The zero-order valence-electron chi connectivity index (χ0n) is 19.6. The van der Waals surface area contributed by atoms with Crippen LogP contribution in [0.1, 0.15) is 59.9 Å². The number of methoxy groups -OCH3 is 1. The number of carbonyl (C=O) groups excluding carboxylic acids is 1.